The number of ketones is 1. The van der Waals surface area contributed by atoms with Gasteiger partial charge in [0.2, 0.25) is 0 Å². The fraction of sp³-hybridized carbons (Fsp3) is 0.318. The molecular weight excluding hydrogens is 361 g/mol. The molecular formula is C22H24FNO4. The minimum atomic E-state index is -0.667. The first-order chi connectivity index (χ1) is 13.6. The van der Waals surface area contributed by atoms with Crippen LogP contribution in [0.15, 0.2) is 48.5 Å². The van der Waals surface area contributed by atoms with Gasteiger partial charge in [-0.15, -0.1) is 0 Å². The second-order valence-electron chi connectivity index (χ2n) is 6.35. The molecule has 0 aliphatic carbocycles. The van der Waals surface area contributed by atoms with E-state index in [1.165, 1.54) is 18.2 Å². The molecule has 2 unspecified atom stereocenters. The number of halogens is 1. The Bertz CT molecular complexity index is 835. The van der Waals surface area contributed by atoms with Crippen LogP contribution in [0, 0.1) is 5.82 Å². The Morgan fingerprint density at radius 2 is 2.04 bits per heavy atom. The number of methoxy groups -OCH3 is 1. The molecule has 1 fully saturated rings. The third kappa shape index (κ3) is 4.77. The molecule has 2 aromatic rings. The average molecular weight is 385 g/mol. The van der Waals surface area contributed by atoms with Crippen LogP contribution in [0.25, 0.3) is 6.08 Å². The second kappa shape index (κ2) is 9.48. The molecule has 148 valence electrons. The molecule has 0 bridgehead atoms. The normalized spacial score (nSPS) is 19.5. The van der Waals surface area contributed by atoms with E-state index in [4.69, 9.17) is 14.2 Å². The molecule has 1 N–H and O–H groups in total. The lowest BCUT2D eigenvalue weighted by Gasteiger charge is -2.31. The molecule has 1 aliphatic rings. The fourth-order valence-corrected chi connectivity index (χ4v) is 3.15. The zero-order chi connectivity index (χ0) is 19.9. The van der Waals surface area contributed by atoms with E-state index in [0.717, 1.165) is 11.1 Å². The molecule has 1 saturated heterocycles. The van der Waals surface area contributed by atoms with Crippen molar-refractivity contribution < 1.29 is 23.4 Å². The number of morpholine rings is 1. The lowest BCUT2D eigenvalue weighted by molar-refractivity contribution is -0.130. The van der Waals surface area contributed by atoms with Crippen LogP contribution in [0.3, 0.4) is 0 Å². The van der Waals surface area contributed by atoms with Crippen LogP contribution in [-0.4, -0.2) is 38.8 Å². The first kappa shape index (κ1) is 20.0. The number of benzene rings is 2. The van der Waals surface area contributed by atoms with Gasteiger partial charge in [-0.1, -0.05) is 24.3 Å². The second-order valence-corrected chi connectivity index (χ2v) is 6.35. The highest BCUT2D eigenvalue weighted by Crippen LogP contribution is 2.29. The van der Waals surface area contributed by atoms with Crippen molar-refractivity contribution >= 4 is 11.9 Å². The molecule has 1 aliphatic heterocycles. The summed E-state index contributed by atoms with van der Waals surface area (Å²) >= 11 is 0. The summed E-state index contributed by atoms with van der Waals surface area (Å²) < 4.78 is 29.8. The molecule has 5 nitrogen and oxygen atoms in total. The molecule has 1 heterocycles. The fourth-order valence-electron chi connectivity index (χ4n) is 3.15. The van der Waals surface area contributed by atoms with Crippen LogP contribution in [0.1, 0.15) is 24.1 Å². The number of nitrogens with one attached hydrogen (secondary N) is 1. The number of hydrogen-bond acceptors (Lipinski definition) is 5. The zero-order valence-electron chi connectivity index (χ0n) is 16.0. The SMILES string of the molecule is CCOc1ccc(C=CC(=O)C2OCCNC2c2ccc(F)cc2)cc1OC. The van der Waals surface area contributed by atoms with Crippen molar-refractivity contribution in [2.24, 2.45) is 0 Å². The van der Waals surface area contributed by atoms with Gasteiger partial charge in [0, 0.05) is 6.54 Å². The van der Waals surface area contributed by atoms with Crippen molar-refractivity contribution in [2.45, 2.75) is 19.1 Å². The van der Waals surface area contributed by atoms with Gasteiger partial charge in [0.05, 0.1) is 26.4 Å². The maximum Gasteiger partial charge on any atom is 0.186 e. The third-order valence-corrected chi connectivity index (χ3v) is 4.50. The molecule has 0 aromatic heterocycles. The van der Waals surface area contributed by atoms with E-state index >= 15 is 0 Å². The minimum Gasteiger partial charge on any atom is -0.493 e. The Morgan fingerprint density at radius 1 is 1.25 bits per heavy atom. The smallest absolute Gasteiger partial charge is 0.186 e. The summed E-state index contributed by atoms with van der Waals surface area (Å²) in [6.07, 6.45) is 2.56. The van der Waals surface area contributed by atoms with Gasteiger partial charge in [-0.25, -0.2) is 4.39 Å². The Labute approximate surface area is 164 Å². The highest BCUT2D eigenvalue weighted by Gasteiger charge is 2.31. The van der Waals surface area contributed by atoms with Gasteiger partial charge in [-0.2, -0.15) is 0 Å². The van der Waals surface area contributed by atoms with Crippen molar-refractivity contribution in [3.05, 3.63) is 65.5 Å². The third-order valence-electron chi connectivity index (χ3n) is 4.50. The Balaban J connectivity index is 1.75. The molecule has 0 amide bonds. The van der Waals surface area contributed by atoms with Crippen molar-refractivity contribution in [3.8, 4) is 11.5 Å². The largest absolute Gasteiger partial charge is 0.493 e. The Morgan fingerprint density at radius 3 is 2.75 bits per heavy atom. The summed E-state index contributed by atoms with van der Waals surface area (Å²) in [5.41, 5.74) is 1.63. The van der Waals surface area contributed by atoms with Crippen molar-refractivity contribution in [1.82, 2.24) is 5.32 Å². The topological polar surface area (TPSA) is 56.8 Å². The maximum atomic E-state index is 13.2. The van der Waals surface area contributed by atoms with E-state index < -0.39 is 6.10 Å². The van der Waals surface area contributed by atoms with Gasteiger partial charge in [-0.3, -0.25) is 4.79 Å². The first-order valence-electron chi connectivity index (χ1n) is 9.25. The first-order valence-corrected chi connectivity index (χ1v) is 9.25. The van der Waals surface area contributed by atoms with Gasteiger partial charge in [0.25, 0.3) is 0 Å². The van der Waals surface area contributed by atoms with Crippen LogP contribution in [0.5, 0.6) is 11.5 Å². The highest BCUT2D eigenvalue weighted by atomic mass is 19.1. The molecule has 0 radical (unpaired) electrons. The lowest BCUT2D eigenvalue weighted by Crippen LogP contribution is -2.45. The monoisotopic (exact) mass is 385 g/mol. The van der Waals surface area contributed by atoms with E-state index in [1.54, 1.807) is 25.3 Å². The van der Waals surface area contributed by atoms with E-state index in [9.17, 15) is 9.18 Å². The average Bonchev–Trinajstić information content (AvgIpc) is 2.73. The highest BCUT2D eigenvalue weighted by molar-refractivity contribution is 5.97. The molecule has 3 rings (SSSR count). The van der Waals surface area contributed by atoms with Gasteiger partial charge in [-0.05, 0) is 48.4 Å². The molecule has 2 aromatic carbocycles. The minimum absolute atomic E-state index is 0.158. The molecule has 0 saturated carbocycles. The van der Waals surface area contributed by atoms with Crippen LogP contribution < -0.4 is 14.8 Å². The molecule has 2 atom stereocenters. The van der Waals surface area contributed by atoms with Crippen LogP contribution >= 0.6 is 0 Å². The summed E-state index contributed by atoms with van der Waals surface area (Å²) in [5.74, 6) is 0.794. The molecule has 6 heteroatoms. The van der Waals surface area contributed by atoms with E-state index in [1.807, 2.05) is 25.1 Å². The van der Waals surface area contributed by atoms with E-state index in [-0.39, 0.29) is 17.6 Å². The van der Waals surface area contributed by atoms with Gasteiger partial charge in [0.15, 0.2) is 17.3 Å². The predicted molar refractivity (Wildman–Crippen MR) is 105 cm³/mol. The summed E-state index contributed by atoms with van der Waals surface area (Å²) in [5, 5.41) is 3.29. The van der Waals surface area contributed by atoms with Crippen LogP contribution in [0.4, 0.5) is 4.39 Å². The standard InChI is InChI=1S/C22H24FNO4/c1-3-27-19-11-5-15(14-20(19)26-2)4-10-18(25)22-21(24-12-13-28-22)16-6-8-17(23)9-7-16/h4-11,14,21-22,24H,3,12-13H2,1-2H3. The predicted octanol–water partition coefficient (Wildman–Crippen LogP) is 3.55. The van der Waals surface area contributed by atoms with Crippen molar-refractivity contribution in [1.29, 1.82) is 0 Å². The zero-order valence-corrected chi connectivity index (χ0v) is 16.0. The Kier molecular flexibility index (Phi) is 6.79. The quantitative estimate of drug-likeness (QED) is 0.739. The lowest BCUT2D eigenvalue weighted by atomic mass is 9.96. The van der Waals surface area contributed by atoms with Gasteiger partial charge >= 0.3 is 0 Å². The molecule has 28 heavy (non-hydrogen) atoms. The number of rotatable bonds is 7. The van der Waals surface area contributed by atoms with Gasteiger partial charge < -0.3 is 19.5 Å². The summed E-state index contributed by atoms with van der Waals surface area (Å²) in [6, 6.07) is 11.3. The number of hydrogen-bond donors (Lipinski definition) is 1. The molecule has 0 spiro atoms. The van der Waals surface area contributed by atoms with E-state index in [0.29, 0.717) is 31.3 Å². The van der Waals surface area contributed by atoms with Gasteiger partial charge in [0.1, 0.15) is 11.9 Å². The number of ether oxygens (including phenoxy) is 3. The number of carbonyl (C=O) groups excluding carboxylic acids is 1. The van der Waals surface area contributed by atoms with Crippen molar-refractivity contribution in [2.75, 3.05) is 26.9 Å². The maximum absolute atomic E-state index is 13.2. The van der Waals surface area contributed by atoms with E-state index in [2.05, 4.69) is 5.32 Å². The number of carbonyl (C=O) groups is 1. The van der Waals surface area contributed by atoms with Crippen molar-refractivity contribution in [3.63, 3.8) is 0 Å². The van der Waals surface area contributed by atoms with Crippen LogP contribution in [-0.2, 0) is 9.53 Å². The summed E-state index contributed by atoms with van der Waals surface area (Å²) in [4.78, 5) is 12.8. The summed E-state index contributed by atoms with van der Waals surface area (Å²) in [6.45, 7) is 3.52. The summed E-state index contributed by atoms with van der Waals surface area (Å²) in [7, 11) is 1.57. The van der Waals surface area contributed by atoms with Crippen LogP contribution in [0.2, 0.25) is 0 Å². The Hall–Kier alpha value is -2.70.